The molecule has 0 aliphatic carbocycles. The molecule has 2 nitrogen and oxygen atoms in total. The fourth-order valence-corrected chi connectivity index (χ4v) is 2.90. The number of aliphatic hydroxyl groups excluding tert-OH is 1. The molecule has 3 heteroatoms. The van der Waals surface area contributed by atoms with Gasteiger partial charge in [-0.05, 0) is 31.0 Å². The summed E-state index contributed by atoms with van der Waals surface area (Å²) in [4.78, 5) is 1.17. The highest BCUT2D eigenvalue weighted by Gasteiger charge is 2.15. The van der Waals surface area contributed by atoms with Gasteiger partial charge in [-0.15, -0.1) is 11.8 Å². The highest BCUT2D eigenvalue weighted by molar-refractivity contribution is 7.99. The van der Waals surface area contributed by atoms with Crippen molar-refractivity contribution in [3.05, 3.63) is 65.7 Å². The molecule has 0 fully saturated rings. The van der Waals surface area contributed by atoms with Crippen LogP contribution in [0.25, 0.3) is 0 Å². The van der Waals surface area contributed by atoms with E-state index in [9.17, 15) is 5.11 Å². The Hall–Kier alpha value is -1.29. The standard InChI is InChI=1S/C17H21NOS/c1-13-7-9-15(10-8-13)20-12-17(19)16(18)11-14-5-3-2-4-6-14/h2-10,16-17,19H,11-12,18H2,1H3. The molecular formula is C17H21NOS. The third-order valence-corrected chi connectivity index (χ3v) is 4.36. The average Bonchev–Trinajstić information content (AvgIpc) is 2.47. The van der Waals surface area contributed by atoms with Crippen LogP contribution in [0.3, 0.4) is 0 Å². The molecule has 0 amide bonds. The van der Waals surface area contributed by atoms with Crippen molar-refractivity contribution in [3.63, 3.8) is 0 Å². The van der Waals surface area contributed by atoms with Crippen molar-refractivity contribution in [1.29, 1.82) is 0 Å². The third kappa shape index (κ3) is 4.67. The molecular weight excluding hydrogens is 266 g/mol. The maximum atomic E-state index is 10.1. The van der Waals surface area contributed by atoms with Crippen LogP contribution < -0.4 is 5.73 Å². The normalized spacial score (nSPS) is 13.9. The Balaban J connectivity index is 1.82. The second kappa shape index (κ2) is 7.48. The van der Waals surface area contributed by atoms with Gasteiger partial charge in [0.25, 0.3) is 0 Å². The fourth-order valence-electron chi connectivity index (χ4n) is 1.96. The topological polar surface area (TPSA) is 46.2 Å². The molecule has 2 atom stereocenters. The number of rotatable bonds is 6. The summed E-state index contributed by atoms with van der Waals surface area (Å²) in [7, 11) is 0. The summed E-state index contributed by atoms with van der Waals surface area (Å²) in [5.41, 5.74) is 8.49. The minimum atomic E-state index is -0.499. The second-order valence-corrected chi connectivity index (χ2v) is 6.14. The molecule has 2 rings (SSSR count). The Morgan fingerprint density at radius 3 is 2.35 bits per heavy atom. The predicted molar refractivity (Wildman–Crippen MR) is 86.0 cm³/mol. The first-order valence-electron chi connectivity index (χ1n) is 6.82. The van der Waals surface area contributed by atoms with E-state index >= 15 is 0 Å². The predicted octanol–water partition coefficient (Wildman–Crippen LogP) is 3.02. The SMILES string of the molecule is Cc1ccc(SCC(O)C(N)Cc2ccccc2)cc1. The van der Waals surface area contributed by atoms with Gasteiger partial charge in [-0.25, -0.2) is 0 Å². The van der Waals surface area contributed by atoms with Crippen molar-refractivity contribution >= 4 is 11.8 Å². The van der Waals surface area contributed by atoms with Crippen molar-refractivity contribution in [3.8, 4) is 0 Å². The Morgan fingerprint density at radius 2 is 1.70 bits per heavy atom. The molecule has 0 aliphatic heterocycles. The monoisotopic (exact) mass is 287 g/mol. The van der Waals surface area contributed by atoms with Gasteiger partial charge in [-0.1, -0.05) is 48.0 Å². The Morgan fingerprint density at radius 1 is 1.05 bits per heavy atom. The van der Waals surface area contributed by atoms with E-state index in [4.69, 9.17) is 5.73 Å². The van der Waals surface area contributed by atoms with Gasteiger partial charge < -0.3 is 10.8 Å². The van der Waals surface area contributed by atoms with Gasteiger partial charge >= 0.3 is 0 Å². The Bertz CT molecular complexity index is 512. The molecule has 2 aromatic carbocycles. The van der Waals surface area contributed by atoms with Crippen LogP contribution in [0.1, 0.15) is 11.1 Å². The lowest BCUT2D eigenvalue weighted by Gasteiger charge is -2.18. The van der Waals surface area contributed by atoms with Crippen LogP contribution in [-0.2, 0) is 6.42 Å². The van der Waals surface area contributed by atoms with Crippen LogP contribution in [0, 0.1) is 6.92 Å². The summed E-state index contributed by atoms with van der Waals surface area (Å²) in [6.45, 7) is 2.07. The maximum Gasteiger partial charge on any atom is 0.0788 e. The molecule has 106 valence electrons. The van der Waals surface area contributed by atoms with Crippen molar-refractivity contribution in [2.75, 3.05) is 5.75 Å². The van der Waals surface area contributed by atoms with Gasteiger partial charge in [0.15, 0.2) is 0 Å². The summed E-state index contributed by atoms with van der Waals surface area (Å²) < 4.78 is 0. The van der Waals surface area contributed by atoms with E-state index < -0.39 is 6.10 Å². The first kappa shape index (κ1) is 15.1. The number of benzene rings is 2. The summed E-state index contributed by atoms with van der Waals surface area (Å²) in [6.07, 6.45) is 0.206. The molecule has 0 radical (unpaired) electrons. The van der Waals surface area contributed by atoms with Crippen molar-refractivity contribution in [1.82, 2.24) is 0 Å². The molecule has 3 N–H and O–H groups in total. The van der Waals surface area contributed by atoms with Crippen LogP contribution in [0.4, 0.5) is 0 Å². The molecule has 0 aromatic heterocycles. The van der Waals surface area contributed by atoms with Crippen LogP contribution in [0.2, 0.25) is 0 Å². The summed E-state index contributed by atoms with van der Waals surface area (Å²) in [5.74, 6) is 0.622. The van der Waals surface area contributed by atoms with Crippen LogP contribution in [-0.4, -0.2) is 23.0 Å². The molecule has 0 heterocycles. The van der Waals surface area contributed by atoms with Gasteiger partial charge in [0, 0.05) is 16.7 Å². The molecule has 2 unspecified atom stereocenters. The molecule has 0 aliphatic rings. The number of hydrogen-bond donors (Lipinski definition) is 2. The molecule has 0 spiro atoms. The van der Waals surface area contributed by atoms with E-state index in [1.165, 1.54) is 16.0 Å². The number of nitrogens with two attached hydrogens (primary N) is 1. The number of hydrogen-bond acceptors (Lipinski definition) is 3. The van der Waals surface area contributed by atoms with Crippen LogP contribution in [0.5, 0.6) is 0 Å². The van der Waals surface area contributed by atoms with E-state index in [1.54, 1.807) is 11.8 Å². The zero-order chi connectivity index (χ0) is 14.4. The van der Waals surface area contributed by atoms with E-state index in [2.05, 4.69) is 31.2 Å². The molecule has 0 bridgehead atoms. The smallest absolute Gasteiger partial charge is 0.0788 e. The van der Waals surface area contributed by atoms with Gasteiger partial charge in [-0.2, -0.15) is 0 Å². The lowest BCUT2D eigenvalue weighted by molar-refractivity contribution is 0.167. The van der Waals surface area contributed by atoms with Gasteiger partial charge in [-0.3, -0.25) is 0 Å². The zero-order valence-corrected chi connectivity index (χ0v) is 12.5. The van der Waals surface area contributed by atoms with Gasteiger partial charge in [0.1, 0.15) is 0 Å². The fraction of sp³-hybridized carbons (Fsp3) is 0.294. The van der Waals surface area contributed by atoms with Crippen LogP contribution >= 0.6 is 11.8 Å². The zero-order valence-electron chi connectivity index (χ0n) is 11.7. The minimum Gasteiger partial charge on any atom is -0.391 e. The molecule has 20 heavy (non-hydrogen) atoms. The first-order valence-corrected chi connectivity index (χ1v) is 7.81. The number of thioether (sulfide) groups is 1. The van der Waals surface area contributed by atoms with E-state index in [0.717, 1.165) is 0 Å². The highest BCUT2D eigenvalue weighted by atomic mass is 32.2. The summed E-state index contributed by atoms with van der Waals surface area (Å²) in [5, 5.41) is 10.1. The van der Waals surface area contributed by atoms with Gasteiger partial charge in [0.2, 0.25) is 0 Å². The molecule has 0 saturated carbocycles. The van der Waals surface area contributed by atoms with Gasteiger partial charge in [0.05, 0.1) is 6.10 Å². The largest absolute Gasteiger partial charge is 0.391 e. The van der Waals surface area contributed by atoms with E-state index in [1.807, 2.05) is 30.3 Å². The third-order valence-electron chi connectivity index (χ3n) is 3.25. The minimum absolute atomic E-state index is 0.227. The number of aliphatic hydroxyl groups is 1. The lowest BCUT2D eigenvalue weighted by Crippen LogP contribution is -2.38. The van der Waals surface area contributed by atoms with Crippen LogP contribution in [0.15, 0.2) is 59.5 Å². The van der Waals surface area contributed by atoms with Crippen molar-refractivity contribution in [2.45, 2.75) is 30.4 Å². The van der Waals surface area contributed by atoms with E-state index in [-0.39, 0.29) is 6.04 Å². The average molecular weight is 287 g/mol. The molecule has 2 aromatic rings. The van der Waals surface area contributed by atoms with E-state index in [0.29, 0.717) is 12.2 Å². The quantitative estimate of drug-likeness (QED) is 0.803. The summed E-state index contributed by atoms with van der Waals surface area (Å²) in [6, 6.07) is 18.2. The Labute approximate surface area is 125 Å². The highest BCUT2D eigenvalue weighted by Crippen LogP contribution is 2.20. The molecule has 0 saturated heterocycles. The van der Waals surface area contributed by atoms with Crippen molar-refractivity contribution in [2.24, 2.45) is 5.73 Å². The van der Waals surface area contributed by atoms with Crippen molar-refractivity contribution < 1.29 is 5.11 Å². The first-order chi connectivity index (χ1) is 9.65. The maximum absolute atomic E-state index is 10.1. The lowest BCUT2D eigenvalue weighted by atomic mass is 10.0. The Kier molecular flexibility index (Phi) is 5.65. The summed E-state index contributed by atoms with van der Waals surface area (Å²) >= 11 is 1.65. The second-order valence-electron chi connectivity index (χ2n) is 5.04. The number of aryl methyl sites for hydroxylation is 1.